The second kappa shape index (κ2) is 7.71. The lowest BCUT2D eigenvalue weighted by Crippen LogP contribution is -2.45. The van der Waals surface area contributed by atoms with Gasteiger partial charge in [0, 0.05) is 29.2 Å². The number of nitrogens with one attached hydrogen (secondary N) is 1. The fraction of sp³-hybridized carbons (Fsp3) is 0.500. The first-order valence-corrected chi connectivity index (χ1v) is 9.43. The number of hydrogen-bond acceptors (Lipinski definition) is 4. The maximum atomic E-state index is 6.06. The molecule has 2 heterocycles. The van der Waals surface area contributed by atoms with Crippen molar-refractivity contribution in [3.8, 4) is 11.3 Å². The molecule has 0 aliphatic carbocycles. The molecular weight excluding hydrogens is 332 g/mol. The van der Waals surface area contributed by atoms with Crippen molar-refractivity contribution in [2.45, 2.75) is 52.6 Å². The number of aromatic nitrogens is 2. The molecule has 1 aromatic carbocycles. The van der Waals surface area contributed by atoms with Crippen LogP contribution in [0.25, 0.3) is 11.3 Å². The van der Waals surface area contributed by atoms with E-state index in [-0.39, 0.29) is 0 Å². The Labute approximate surface area is 155 Å². The van der Waals surface area contributed by atoms with Crippen LogP contribution in [0.2, 0.25) is 5.02 Å². The fourth-order valence-electron chi connectivity index (χ4n) is 3.52. The molecule has 1 N–H and O–H groups in total. The molecular formula is C20H27ClN4. The highest BCUT2D eigenvalue weighted by atomic mass is 35.5. The number of aryl methyl sites for hydroxylation is 2. The van der Waals surface area contributed by atoms with Crippen LogP contribution < -0.4 is 5.32 Å². The number of rotatable bonds is 4. The summed E-state index contributed by atoms with van der Waals surface area (Å²) in [5.74, 6) is 0.864. The predicted molar refractivity (Wildman–Crippen MR) is 105 cm³/mol. The van der Waals surface area contributed by atoms with E-state index in [9.17, 15) is 0 Å². The van der Waals surface area contributed by atoms with E-state index >= 15 is 0 Å². The first-order chi connectivity index (χ1) is 11.9. The van der Waals surface area contributed by atoms with Gasteiger partial charge in [0.15, 0.2) is 0 Å². The lowest BCUT2D eigenvalue weighted by atomic mass is 10.0. The second-order valence-corrected chi connectivity index (χ2v) is 7.73. The third kappa shape index (κ3) is 4.31. The number of benzene rings is 1. The third-order valence-corrected chi connectivity index (χ3v) is 5.20. The van der Waals surface area contributed by atoms with Crippen molar-refractivity contribution < 1.29 is 0 Å². The van der Waals surface area contributed by atoms with Crippen LogP contribution in [0.15, 0.2) is 24.3 Å². The third-order valence-electron chi connectivity index (χ3n) is 4.96. The van der Waals surface area contributed by atoms with Crippen molar-refractivity contribution in [2.24, 2.45) is 0 Å². The quantitative estimate of drug-likeness (QED) is 0.860. The average Bonchev–Trinajstić information content (AvgIpc) is 2.56. The highest BCUT2D eigenvalue weighted by Crippen LogP contribution is 2.27. The minimum absolute atomic E-state index is 0.438. The zero-order valence-corrected chi connectivity index (χ0v) is 16.3. The molecule has 1 aliphatic heterocycles. The van der Waals surface area contributed by atoms with Crippen molar-refractivity contribution in [3.63, 3.8) is 0 Å². The van der Waals surface area contributed by atoms with E-state index in [1.54, 1.807) is 0 Å². The molecule has 134 valence electrons. The van der Waals surface area contributed by atoms with Crippen molar-refractivity contribution in [1.29, 1.82) is 0 Å². The van der Waals surface area contributed by atoms with Crippen molar-refractivity contribution in [1.82, 2.24) is 15.1 Å². The molecule has 0 radical (unpaired) electrons. The van der Waals surface area contributed by atoms with E-state index in [2.05, 4.69) is 54.2 Å². The van der Waals surface area contributed by atoms with Gasteiger partial charge < -0.3 is 5.32 Å². The van der Waals surface area contributed by atoms with Crippen molar-refractivity contribution in [2.75, 3.05) is 18.4 Å². The molecule has 0 saturated carbocycles. The molecule has 2 aromatic rings. The summed E-state index contributed by atoms with van der Waals surface area (Å²) in [6, 6.07) is 9.02. The number of nitrogens with zero attached hydrogens (tertiary/aromatic N) is 3. The second-order valence-electron chi connectivity index (χ2n) is 7.29. The van der Waals surface area contributed by atoms with Gasteiger partial charge in [-0.25, -0.2) is 0 Å². The van der Waals surface area contributed by atoms with Crippen molar-refractivity contribution in [3.05, 3.63) is 40.4 Å². The summed E-state index contributed by atoms with van der Waals surface area (Å²) >= 11 is 6.06. The van der Waals surface area contributed by atoms with E-state index in [4.69, 9.17) is 11.6 Å². The van der Waals surface area contributed by atoms with E-state index in [0.717, 1.165) is 39.8 Å². The molecule has 0 unspecified atom stereocenters. The average molecular weight is 359 g/mol. The van der Waals surface area contributed by atoms with Crippen molar-refractivity contribution >= 4 is 17.4 Å². The fourth-order valence-corrected chi connectivity index (χ4v) is 3.74. The summed E-state index contributed by atoms with van der Waals surface area (Å²) in [4.78, 5) is 2.52. The van der Waals surface area contributed by atoms with E-state index in [1.807, 2.05) is 18.2 Å². The molecule has 25 heavy (non-hydrogen) atoms. The number of piperidine rings is 1. The molecule has 0 bridgehead atoms. The minimum atomic E-state index is 0.438. The molecule has 1 fully saturated rings. The minimum Gasteiger partial charge on any atom is -0.365 e. The highest BCUT2D eigenvalue weighted by Gasteiger charge is 2.22. The molecule has 5 heteroatoms. The smallest absolute Gasteiger partial charge is 0.149 e. The van der Waals surface area contributed by atoms with E-state index < -0.39 is 0 Å². The monoisotopic (exact) mass is 358 g/mol. The van der Waals surface area contributed by atoms with Gasteiger partial charge in [-0.1, -0.05) is 17.7 Å². The predicted octanol–water partition coefficient (Wildman–Crippen LogP) is 4.70. The van der Waals surface area contributed by atoms with Gasteiger partial charge in [-0.15, -0.1) is 10.2 Å². The Morgan fingerprint density at radius 3 is 2.64 bits per heavy atom. The van der Waals surface area contributed by atoms with Crippen LogP contribution in [0.3, 0.4) is 0 Å². The van der Waals surface area contributed by atoms with Gasteiger partial charge >= 0.3 is 0 Å². The van der Waals surface area contributed by atoms with Gasteiger partial charge in [-0.2, -0.15) is 0 Å². The van der Waals surface area contributed by atoms with Gasteiger partial charge in [-0.3, -0.25) is 4.90 Å². The number of hydrogen-bond donors (Lipinski definition) is 1. The lowest BCUT2D eigenvalue weighted by Gasteiger charge is -2.35. The molecule has 3 rings (SSSR count). The maximum absolute atomic E-state index is 6.06. The number of halogens is 1. The van der Waals surface area contributed by atoms with Gasteiger partial charge in [0.05, 0.1) is 5.69 Å². The zero-order valence-electron chi connectivity index (χ0n) is 15.5. The largest absolute Gasteiger partial charge is 0.365 e. The van der Waals surface area contributed by atoms with Gasteiger partial charge in [0.25, 0.3) is 0 Å². The molecule has 1 atom stereocenters. The maximum Gasteiger partial charge on any atom is 0.149 e. The van der Waals surface area contributed by atoms with E-state index in [1.165, 1.54) is 19.4 Å². The summed E-state index contributed by atoms with van der Waals surface area (Å²) < 4.78 is 0. The van der Waals surface area contributed by atoms with Gasteiger partial charge in [-0.05, 0) is 76.4 Å². The molecule has 1 saturated heterocycles. The van der Waals surface area contributed by atoms with Crippen LogP contribution in [0.1, 0.15) is 37.8 Å². The van der Waals surface area contributed by atoms with Gasteiger partial charge in [0.1, 0.15) is 5.82 Å². The van der Waals surface area contributed by atoms with Crippen LogP contribution in [-0.4, -0.2) is 40.3 Å². The standard InChI is InChI=1S/C20H27ClN4/c1-13(2)25-9-5-6-17(12-25)22-19-11-15(4)20(24-23-19)18-8-7-16(21)10-14(18)3/h7-8,10-11,13,17H,5-6,9,12H2,1-4H3,(H,22,23)/t17-/m1/s1. The zero-order chi connectivity index (χ0) is 18.0. The van der Waals surface area contributed by atoms with Crippen LogP contribution >= 0.6 is 11.6 Å². The summed E-state index contributed by atoms with van der Waals surface area (Å²) in [7, 11) is 0. The molecule has 1 aliphatic rings. The van der Waals surface area contributed by atoms with Crippen LogP contribution in [0, 0.1) is 13.8 Å². The molecule has 0 amide bonds. The Bertz CT molecular complexity index is 744. The Morgan fingerprint density at radius 1 is 1.16 bits per heavy atom. The Balaban J connectivity index is 1.76. The molecule has 1 aromatic heterocycles. The highest BCUT2D eigenvalue weighted by molar-refractivity contribution is 6.30. The Kier molecular flexibility index (Phi) is 5.60. The first kappa shape index (κ1) is 18.2. The van der Waals surface area contributed by atoms with Gasteiger partial charge in [0.2, 0.25) is 0 Å². The molecule has 4 nitrogen and oxygen atoms in total. The van der Waals surface area contributed by atoms with Crippen LogP contribution in [-0.2, 0) is 0 Å². The number of anilines is 1. The summed E-state index contributed by atoms with van der Waals surface area (Å²) in [6.45, 7) is 10.9. The normalized spacial score (nSPS) is 18.6. The molecule has 0 spiro atoms. The van der Waals surface area contributed by atoms with Crippen LogP contribution in [0.5, 0.6) is 0 Å². The number of likely N-dealkylation sites (tertiary alicyclic amines) is 1. The summed E-state index contributed by atoms with van der Waals surface area (Å²) in [5.41, 5.74) is 4.25. The SMILES string of the molecule is Cc1cc(Cl)ccc1-c1nnc(N[C@@H]2CCCN(C(C)C)C2)cc1C. The lowest BCUT2D eigenvalue weighted by molar-refractivity contribution is 0.174. The summed E-state index contributed by atoms with van der Waals surface area (Å²) in [6.07, 6.45) is 2.41. The summed E-state index contributed by atoms with van der Waals surface area (Å²) in [5, 5.41) is 13.2. The van der Waals surface area contributed by atoms with Crippen LogP contribution in [0.4, 0.5) is 5.82 Å². The Hall–Kier alpha value is -1.65. The Morgan fingerprint density at radius 2 is 1.96 bits per heavy atom. The first-order valence-electron chi connectivity index (χ1n) is 9.05. The van der Waals surface area contributed by atoms with E-state index in [0.29, 0.717) is 12.1 Å². The topological polar surface area (TPSA) is 41.1 Å².